The molecule has 9 N–H and O–H groups in total. The number of nitrogens with one attached hydrogen (secondary N) is 8. The largest absolute Gasteiger partial charge is 0.511 e. The highest BCUT2D eigenvalue weighted by Gasteiger charge is 2.43. The van der Waals surface area contributed by atoms with E-state index in [9.17, 15) is 53.1 Å². The molecule has 3 saturated heterocycles. The third-order valence-electron chi connectivity index (χ3n) is 18.8. The van der Waals surface area contributed by atoms with Crippen molar-refractivity contribution < 1.29 is 76.7 Å². The molecule has 0 bridgehead atoms. The second-order valence-corrected chi connectivity index (χ2v) is 29.6. The van der Waals surface area contributed by atoms with Gasteiger partial charge < -0.3 is 76.2 Å². The normalized spacial score (nSPS) is 18.6. The molecule has 5 atom stereocenters. The molecule has 0 spiro atoms. The number of piperazine rings is 1. The average Bonchev–Trinajstić information content (AvgIpc) is 0.998. The van der Waals surface area contributed by atoms with Crippen molar-refractivity contribution in [3.63, 3.8) is 0 Å². The summed E-state index contributed by atoms with van der Waals surface area (Å²) in [6.45, 7) is 12.4. The Bertz CT molecular complexity index is 3310. The number of aromatic nitrogens is 5. The zero-order chi connectivity index (χ0) is 77.0. The maximum Gasteiger partial charge on any atom is 0.315 e. The SMILES string of the molecule is CC1(C)CC(=O)C(C(CCCCC(=O)NCCCC[C@H](NC(=O)CCC(=O)NCCCCCC(=O)N2CCN(Cc3cccc(C=O)n3)CC2)C(=O)NCCCOCCOCCOCCCNC(=O)CCCC[C@@H]2SC[C@@H]3NC(=O)N[C@@H]32)=NCCOCCOCCNC(=O)c2nnn(C3C=CC=CC3)n2)=C(O)C1. The minimum Gasteiger partial charge on any atom is -0.511 e. The highest BCUT2D eigenvalue weighted by atomic mass is 32.2. The first-order valence-corrected chi connectivity index (χ1v) is 39.7. The van der Waals surface area contributed by atoms with E-state index in [1.165, 1.54) is 4.80 Å². The highest BCUT2D eigenvalue weighted by molar-refractivity contribution is 8.00. The molecule has 5 heterocycles. The molecule has 9 amide bonds. The van der Waals surface area contributed by atoms with E-state index in [1.807, 2.05) is 66.9 Å². The van der Waals surface area contributed by atoms with Crippen molar-refractivity contribution in [2.24, 2.45) is 10.4 Å². The average molecular weight is 1530 g/mol. The van der Waals surface area contributed by atoms with E-state index in [4.69, 9.17) is 28.7 Å². The molecule has 0 aromatic carbocycles. The third kappa shape index (κ3) is 33.8. The minimum absolute atomic E-state index is 0.00615. The molecule has 2 aromatic rings. The van der Waals surface area contributed by atoms with E-state index >= 15 is 0 Å². The number of thioether (sulfide) groups is 1. The fourth-order valence-corrected chi connectivity index (χ4v) is 14.6. The van der Waals surface area contributed by atoms with Crippen LogP contribution in [0.4, 0.5) is 4.79 Å². The Morgan fingerprint density at radius 1 is 0.676 bits per heavy atom. The number of allylic oxidation sites excluding steroid dienone is 6. The summed E-state index contributed by atoms with van der Waals surface area (Å²) in [5, 5.41) is 46.7. The highest BCUT2D eigenvalue weighted by Crippen LogP contribution is 2.37. The number of urea groups is 1. The number of nitrogens with zero attached hydrogens (tertiary/aromatic N) is 8. The summed E-state index contributed by atoms with van der Waals surface area (Å²) in [6.07, 6.45) is 19.3. The lowest BCUT2D eigenvalue weighted by Crippen LogP contribution is -2.48. The number of aldehydes is 1. The molecule has 7 rings (SSSR count). The molecule has 5 aliphatic rings. The summed E-state index contributed by atoms with van der Waals surface area (Å²) in [4.78, 5) is 141. The number of ketones is 1. The standard InChI is InChI=1S/C75H116N16O16S/c1-75(2)50-61(93)69(62(94)51-75)58(76-34-42-105-46-47-106-43-35-81-73(101)71-86-88-91(87-71)57-20-5-3-6-21-57)22-8-10-25-64(95)77-31-14-12-23-59(83-67(98)29-28-66(97)78-30-13-4-7-27-68(99)90-38-36-89(37-39-90)52-55-18-15-19-56(53-92)82-55)72(100)80-33-17-41-104-45-49-107-48-44-103-40-16-32-79-65(96)26-11-9-24-63-70-60(54-108-63)84-74(102)85-70/h3,5-6,15,18-20,53,57,59-60,63,70,93H,4,7-14,16-17,21-52,54H2,1-2H3,(H,77,95)(H,78,97)(H,79,96)(H,80,100)(H,81,101)(H,83,98)(H2,84,85,102)/t57?,59-,60-,63-,70-/m0/s1. The number of fused-ring (bicyclic) bond motifs is 1. The lowest BCUT2D eigenvalue weighted by Gasteiger charge is -2.34. The molecular weight excluding hydrogens is 1410 g/mol. The Labute approximate surface area is 638 Å². The van der Waals surface area contributed by atoms with Crippen molar-refractivity contribution in [2.45, 2.75) is 191 Å². The van der Waals surface area contributed by atoms with Gasteiger partial charge in [0.15, 0.2) is 12.1 Å². The summed E-state index contributed by atoms with van der Waals surface area (Å²) < 4.78 is 28.4. The topological polar surface area (TPSA) is 409 Å². The maximum absolute atomic E-state index is 13.6. The number of rotatable bonds is 55. The van der Waals surface area contributed by atoms with Crippen LogP contribution in [0.25, 0.3) is 0 Å². The monoisotopic (exact) mass is 1530 g/mol. The second kappa shape index (κ2) is 49.9. The van der Waals surface area contributed by atoms with Crippen molar-refractivity contribution in [3.8, 4) is 0 Å². The van der Waals surface area contributed by atoms with Gasteiger partial charge in [-0.15, -0.1) is 10.2 Å². The van der Waals surface area contributed by atoms with Crippen LogP contribution in [0.3, 0.4) is 0 Å². The quantitative estimate of drug-likeness (QED) is 0.0193. The molecule has 108 heavy (non-hydrogen) atoms. The zero-order valence-electron chi connectivity index (χ0n) is 63.2. The number of amides is 9. The molecule has 33 heteroatoms. The van der Waals surface area contributed by atoms with Crippen LogP contribution in [0, 0.1) is 5.41 Å². The predicted octanol–water partition coefficient (Wildman–Crippen LogP) is 4.26. The Morgan fingerprint density at radius 2 is 1.31 bits per heavy atom. The number of carbonyl (C=O) groups is 10. The van der Waals surface area contributed by atoms with Crippen LogP contribution in [-0.4, -0.2) is 266 Å². The van der Waals surface area contributed by atoms with Gasteiger partial charge in [-0.25, -0.2) is 9.78 Å². The number of Topliss-reactive ketones (excluding diaryl/α,β-unsaturated/α-hetero) is 1. The van der Waals surface area contributed by atoms with Crippen molar-refractivity contribution in [1.82, 2.24) is 77.5 Å². The van der Waals surface area contributed by atoms with Gasteiger partial charge in [-0.2, -0.15) is 16.6 Å². The lowest BCUT2D eigenvalue weighted by atomic mass is 9.75. The molecule has 598 valence electrons. The number of pyridine rings is 1. The number of aliphatic hydroxyl groups is 1. The molecule has 0 radical (unpaired) electrons. The van der Waals surface area contributed by atoms with Gasteiger partial charge in [0.05, 0.1) is 88.8 Å². The number of carbonyl (C=O) groups excluding carboxylic acids is 10. The van der Waals surface area contributed by atoms with Gasteiger partial charge >= 0.3 is 6.03 Å². The molecule has 3 aliphatic heterocycles. The zero-order valence-corrected chi connectivity index (χ0v) is 64.0. The molecule has 2 aliphatic carbocycles. The Morgan fingerprint density at radius 3 is 2.02 bits per heavy atom. The summed E-state index contributed by atoms with van der Waals surface area (Å²) in [7, 11) is 0. The van der Waals surface area contributed by atoms with Crippen LogP contribution in [0.15, 0.2) is 58.8 Å². The predicted molar refractivity (Wildman–Crippen MR) is 405 cm³/mol. The van der Waals surface area contributed by atoms with E-state index in [0.717, 1.165) is 43.4 Å². The Kier molecular flexibility index (Phi) is 40.2. The van der Waals surface area contributed by atoms with E-state index in [0.29, 0.717) is 192 Å². The third-order valence-corrected chi connectivity index (χ3v) is 20.3. The molecule has 1 unspecified atom stereocenters. The first kappa shape index (κ1) is 87.1. The van der Waals surface area contributed by atoms with Crippen molar-refractivity contribution in [1.29, 1.82) is 0 Å². The number of ether oxygens (including phenoxy) is 5. The van der Waals surface area contributed by atoms with E-state index in [2.05, 4.69) is 67.8 Å². The molecule has 3 fully saturated rings. The second-order valence-electron chi connectivity index (χ2n) is 28.3. The molecule has 32 nitrogen and oxygen atoms in total. The number of tetrazole rings is 1. The molecular formula is C75H116N16O16S. The van der Waals surface area contributed by atoms with Crippen LogP contribution < -0.4 is 42.5 Å². The van der Waals surface area contributed by atoms with Gasteiger partial charge in [0, 0.05) is 140 Å². The Hall–Kier alpha value is -8.08. The summed E-state index contributed by atoms with van der Waals surface area (Å²) in [5.41, 5.74) is 1.52. The molecule has 2 aromatic heterocycles. The fraction of sp³-hybridized carbons (Fsp3) is 0.693. The van der Waals surface area contributed by atoms with Crippen molar-refractivity contribution in [2.75, 3.05) is 137 Å². The number of unbranched alkanes of at least 4 members (excludes halogenated alkanes) is 5. The van der Waals surface area contributed by atoms with Crippen LogP contribution in [0.2, 0.25) is 0 Å². The number of aliphatic imine (C=N–C) groups is 1. The lowest BCUT2D eigenvalue weighted by molar-refractivity contribution is -0.133. The van der Waals surface area contributed by atoms with Gasteiger partial charge in [0.1, 0.15) is 17.5 Å². The van der Waals surface area contributed by atoms with E-state index in [-0.39, 0.29) is 155 Å². The van der Waals surface area contributed by atoms with Crippen LogP contribution >= 0.6 is 11.8 Å². The van der Waals surface area contributed by atoms with Gasteiger partial charge in [0.2, 0.25) is 35.4 Å². The Balaban J connectivity index is 0.741. The summed E-state index contributed by atoms with van der Waals surface area (Å²) >= 11 is 1.88. The van der Waals surface area contributed by atoms with Gasteiger partial charge in [-0.05, 0) is 106 Å². The number of hydrogen-bond donors (Lipinski definition) is 9. The fourth-order valence-electron chi connectivity index (χ4n) is 13.0. The number of hydrogen-bond acceptors (Lipinski definition) is 23. The smallest absolute Gasteiger partial charge is 0.315 e. The minimum atomic E-state index is -0.900. The summed E-state index contributed by atoms with van der Waals surface area (Å²) in [6, 6.07) is 4.68. The first-order chi connectivity index (χ1) is 52.4. The van der Waals surface area contributed by atoms with Crippen LogP contribution in [-0.2, 0) is 63.8 Å². The van der Waals surface area contributed by atoms with E-state index < -0.39 is 23.3 Å². The van der Waals surface area contributed by atoms with Gasteiger partial charge in [-0.1, -0.05) is 57.1 Å². The molecule has 0 saturated carbocycles. The first-order valence-electron chi connectivity index (χ1n) is 38.7. The van der Waals surface area contributed by atoms with Crippen molar-refractivity contribution >= 4 is 76.9 Å². The number of aliphatic hydroxyl groups excluding tert-OH is 1. The van der Waals surface area contributed by atoms with Crippen LogP contribution in [0.5, 0.6) is 0 Å². The van der Waals surface area contributed by atoms with E-state index in [1.54, 1.807) is 6.07 Å². The van der Waals surface area contributed by atoms with Gasteiger partial charge in [0.25, 0.3) is 11.7 Å². The summed E-state index contributed by atoms with van der Waals surface area (Å²) in [5.74, 6) is -0.928. The van der Waals surface area contributed by atoms with Crippen molar-refractivity contribution in [3.05, 3.63) is 71.0 Å². The van der Waals surface area contributed by atoms with Gasteiger partial charge in [-0.3, -0.25) is 53.0 Å². The maximum atomic E-state index is 13.6. The van der Waals surface area contributed by atoms with Crippen LogP contribution in [0.1, 0.15) is 188 Å².